The van der Waals surface area contributed by atoms with E-state index in [9.17, 15) is 18.0 Å². The number of halogens is 2. The lowest BCUT2D eigenvalue weighted by Gasteiger charge is -2.01. The Morgan fingerprint density at radius 3 is 2.22 bits per heavy atom. The second-order valence-electron chi connectivity index (χ2n) is 3.04. The van der Waals surface area contributed by atoms with Crippen LogP contribution in [0.3, 0.4) is 0 Å². The molecule has 0 N–H and O–H groups in total. The first kappa shape index (κ1) is 19.5. The standard InChI is InChI=1S/C8H12BrN2O5S.ClH/c1-10-7(6(12)4-9)8(13)17(14,15)16-5-11(2)3;/h5H,4H2,1-3H3;1H/q+1;/p-1. The molecule has 0 aliphatic heterocycles. The summed E-state index contributed by atoms with van der Waals surface area (Å²) in [4.78, 5) is 26.1. The van der Waals surface area contributed by atoms with Gasteiger partial charge in [0.1, 0.15) is 14.1 Å². The summed E-state index contributed by atoms with van der Waals surface area (Å²) in [6, 6.07) is 0. The van der Waals surface area contributed by atoms with E-state index in [2.05, 4.69) is 25.1 Å². The first-order valence-corrected chi connectivity index (χ1v) is 6.82. The van der Waals surface area contributed by atoms with Crippen molar-refractivity contribution in [2.24, 2.45) is 4.99 Å². The van der Waals surface area contributed by atoms with Crippen LogP contribution in [0.15, 0.2) is 4.99 Å². The van der Waals surface area contributed by atoms with Gasteiger partial charge in [0, 0.05) is 7.05 Å². The first-order valence-electron chi connectivity index (χ1n) is 4.29. The van der Waals surface area contributed by atoms with Crippen LogP contribution < -0.4 is 12.4 Å². The van der Waals surface area contributed by atoms with Crippen molar-refractivity contribution in [2.45, 2.75) is 0 Å². The Morgan fingerprint density at radius 1 is 1.39 bits per heavy atom. The molecule has 104 valence electrons. The van der Waals surface area contributed by atoms with E-state index in [1.807, 2.05) is 0 Å². The summed E-state index contributed by atoms with van der Waals surface area (Å²) in [5.41, 5.74) is -0.672. The number of carbonyl (C=O) groups is 2. The predicted octanol–water partition coefficient (Wildman–Crippen LogP) is -3.80. The number of carbonyl (C=O) groups excluding carboxylic acids is 2. The molecule has 7 nitrogen and oxygen atoms in total. The minimum absolute atomic E-state index is 0. The minimum atomic E-state index is -4.53. The van der Waals surface area contributed by atoms with E-state index in [0.29, 0.717) is 0 Å². The Labute approximate surface area is 120 Å². The van der Waals surface area contributed by atoms with Crippen LogP contribution in [-0.4, -0.2) is 62.5 Å². The monoisotopic (exact) mass is 362 g/mol. The Bertz CT molecular complexity index is 482. The van der Waals surface area contributed by atoms with Crippen LogP contribution in [0, 0.1) is 0 Å². The maximum absolute atomic E-state index is 11.5. The van der Waals surface area contributed by atoms with Crippen LogP contribution in [0.5, 0.6) is 0 Å². The molecule has 0 fully saturated rings. The molecule has 0 spiro atoms. The van der Waals surface area contributed by atoms with Crippen molar-refractivity contribution in [2.75, 3.05) is 26.5 Å². The maximum Gasteiger partial charge on any atom is 0.384 e. The molecule has 0 unspecified atom stereocenters. The molecule has 10 heteroatoms. The molecule has 0 heterocycles. The van der Waals surface area contributed by atoms with Crippen molar-refractivity contribution < 1.29 is 39.2 Å². The summed E-state index contributed by atoms with van der Waals surface area (Å²) in [6.07, 6.45) is 0.832. The number of hydrogen-bond donors (Lipinski definition) is 0. The van der Waals surface area contributed by atoms with Crippen LogP contribution in [0.25, 0.3) is 0 Å². The first-order chi connectivity index (χ1) is 7.76. The zero-order chi connectivity index (χ0) is 13.6. The topological polar surface area (TPSA) is 92.9 Å². The van der Waals surface area contributed by atoms with Gasteiger partial charge in [0.2, 0.25) is 0 Å². The average Bonchev–Trinajstić information content (AvgIpc) is 2.27. The Balaban J connectivity index is 0. The summed E-state index contributed by atoms with van der Waals surface area (Å²) >= 11 is 2.82. The van der Waals surface area contributed by atoms with Gasteiger partial charge in [-0.2, -0.15) is 8.42 Å². The number of rotatable bonds is 5. The van der Waals surface area contributed by atoms with Crippen LogP contribution in [0.2, 0.25) is 0 Å². The van der Waals surface area contributed by atoms with Crippen molar-refractivity contribution in [3.63, 3.8) is 0 Å². The Morgan fingerprint density at radius 2 is 1.89 bits per heavy atom. The molecular formula is C8H12BrClN2O5S. The molecule has 0 aromatic heterocycles. The van der Waals surface area contributed by atoms with Gasteiger partial charge < -0.3 is 16.6 Å². The summed E-state index contributed by atoms with van der Waals surface area (Å²) in [7, 11) is -0.354. The van der Waals surface area contributed by atoms with E-state index in [1.54, 1.807) is 0 Å². The second kappa shape index (κ2) is 8.33. The number of Topliss-reactive ketones (excluding diaryl/α,β-unsaturated/α-hetero) is 1. The molecule has 0 aromatic rings. The smallest absolute Gasteiger partial charge is 0.384 e. The van der Waals surface area contributed by atoms with Gasteiger partial charge in [-0.05, 0) is 0 Å². The molecule has 0 aromatic carbocycles. The molecule has 0 rings (SSSR count). The highest BCUT2D eigenvalue weighted by atomic mass is 79.9. The van der Waals surface area contributed by atoms with Gasteiger partial charge in [0.25, 0.3) is 0 Å². The molecule has 18 heavy (non-hydrogen) atoms. The van der Waals surface area contributed by atoms with Gasteiger partial charge in [-0.1, -0.05) is 15.9 Å². The summed E-state index contributed by atoms with van der Waals surface area (Å²) < 4.78 is 28.4. The number of nitrogens with zero attached hydrogens (tertiary/aromatic N) is 2. The number of ketones is 1. The fourth-order valence-electron chi connectivity index (χ4n) is 0.698. The third-order valence-electron chi connectivity index (χ3n) is 1.41. The van der Waals surface area contributed by atoms with Crippen LogP contribution >= 0.6 is 15.9 Å². The van der Waals surface area contributed by atoms with Crippen molar-refractivity contribution in [3.05, 3.63) is 0 Å². The number of aliphatic imine (C=N–C) groups is 1. The molecule has 0 radical (unpaired) electrons. The van der Waals surface area contributed by atoms with Gasteiger partial charge in [0.15, 0.2) is 11.5 Å². The fraction of sp³-hybridized carbons (Fsp3) is 0.500. The van der Waals surface area contributed by atoms with E-state index in [0.717, 1.165) is 13.4 Å². The van der Waals surface area contributed by atoms with Gasteiger partial charge in [0.05, 0.1) is 5.33 Å². The van der Waals surface area contributed by atoms with Gasteiger partial charge in [-0.15, -0.1) is 0 Å². The molecule has 0 amide bonds. The van der Waals surface area contributed by atoms with Gasteiger partial charge >= 0.3 is 21.6 Å². The zero-order valence-electron chi connectivity index (χ0n) is 9.88. The van der Waals surface area contributed by atoms with E-state index in [-0.39, 0.29) is 17.7 Å². The Hall–Kier alpha value is -0.800. The van der Waals surface area contributed by atoms with E-state index in [4.69, 9.17) is 0 Å². The van der Waals surface area contributed by atoms with Crippen LogP contribution in [0.4, 0.5) is 0 Å². The molecule has 0 atom stereocenters. The summed E-state index contributed by atoms with van der Waals surface area (Å²) in [6.45, 7) is 0. The van der Waals surface area contributed by atoms with Gasteiger partial charge in [-0.3, -0.25) is 14.6 Å². The van der Waals surface area contributed by atoms with Crippen molar-refractivity contribution in [3.8, 4) is 0 Å². The number of alkyl halides is 1. The normalized spacial score (nSPS) is 11.2. The number of hydrogen-bond acceptors (Lipinski definition) is 6. The lowest BCUT2D eigenvalue weighted by atomic mass is 10.3. The van der Waals surface area contributed by atoms with Crippen LogP contribution in [-0.2, 0) is 23.9 Å². The van der Waals surface area contributed by atoms with Crippen molar-refractivity contribution >= 4 is 49.1 Å². The van der Waals surface area contributed by atoms with Crippen molar-refractivity contribution in [1.29, 1.82) is 0 Å². The maximum atomic E-state index is 11.5. The molecule has 0 saturated carbocycles. The lowest BCUT2D eigenvalue weighted by molar-refractivity contribution is -0.466. The van der Waals surface area contributed by atoms with E-state index >= 15 is 0 Å². The SMILES string of the molecule is CN=C(C(=O)CBr)C(=O)S(=O)(=O)OC=[N+](C)C.[Cl-]. The molecule has 0 aliphatic carbocycles. The zero-order valence-corrected chi connectivity index (χ0v) is 13.0. The third kappa shape index (κ3) is 5.69. The van der Waals surface area contributed by atoms with Gasteiger partial charge in [-0.25, -0.2) is 4.58 Å². The highest BCUT2D eigenvalue weighted by Gasteiger charge is 2.33. The molecule has 0 bridgehead atoms. The third-order valence-corrected chi connectivity index (χ3v) is 2.91. The van der Waals surface area contributed by atoms with E-state index in [1.165, 1.54) is 18.7 Å². The highest BCUT2D eigenvalue weighted by Crippen LogP contribution is 1.99. The summed E-state index contributed by atoms with van der Waals surface area (Å²) in [5, 5.41) is -1.65. The Kier molecular flexibility index (Phi) is 9.04. The largest absolute Gasteiger partial charge is 1.00 e. The molecule has 0 aliphatic rings. The molecule has 0 saturated heterocycles. The lowest BCUT2D eigenvalue weighted by Crippen LogP contribution is -3.00. The van der Waals surface area contributed by atoms with E-state index < -0.39 is 26.7 Å². The fourth-order valence-corrected chi connectivity index (χ4v) is 1.78. The quantitative estimate of drug-likeness (QED) is 0.125. The predicted molar refractivity (Wildman–Crippen MR) is 65.3 cm³/mol. The minimum Gasteiger partial charge on any atom is -1.00 e. The van der Waals surface area contributed by atoms with Crippen molar-refractivity contribution in [1.82, 2.24) is 0 Å². The molecular weight excluding hydrogens is 352 g/mol. The second-order valence-corrected chi connectivity index (χ2v) is 5.07. The van der Waals surface area contributed by atoms with Crippen LogP contribution in [0.1, 0.15) is 0 Å². The summed E-state index contributed by atoms with van der Waals surface area (Å²) in [5.74, 6) is -0.727. The average molecular weight is 364 g/mol. The highest BCUT2D eigenvalue weighted by molar-refractivity contribution is 9.09.